The van der Waals surface area contributed by atoms with Gasteiger partial charge in [-0.3, -0.25) is 38.4 Å². The van der Waals surface area contributed by atoms with Gasteiger partial charge in [0.05, 0.1) is 53.7 Å². The molecule has 40 heteroatoms. The molecule has 0 fully saturated rings. The lowest BCUT2D eigenvalue weighted by atomic mass is 10.0. The number of hydrogen-bond acceptors (Lipinski definition) is 28. The number of nitrogens with zero attached hydrogens (tertiary/aromatic N) is 4. The van der Waals surface area contributed by atoms with Gasteiger partial charge in [-0.05, 0) is 252 Å². The van der Waals surface area contributed by atoms with E-state index in [2.05, 4.69) is 25.1 Å². The lowest BCUT2D eigenvalue weighted by molar-refractivity contribution is 0.100. The first-order valence-electron chi connectivity index (χ1n) is 56.6. The van der Waals surface area contributed by atoms with Crippen LogP contribution in [0, 0.1) is 110 Å². The van der Waals surface area contributed by atoms with E-state index < -0.39 is 356 Å². The molecule has 0 saturated heterocycles. The summed E-state index contributed by atoms with van der Waals surface area (Å²) in [6.07, 6.45) is 0. The lowest BCUT2D eigenvalue weighted by Gasteiger charge is -2.14. The molecular weight excluding hydrogens is 1710 g/mol. The zero-order valence-corrected chi connectivity index (χ0v) is 68.1. The summed E-state index contributed by atoms with van der Waals surface area (Å²) < 4.78 is 515. The lowest BCUT2D eigenvalue weighted by Crippen LogP contribution is -2.20. The monoisotopic (exact) mass is 1840 g/mol. The van der Waals surface area contributed by atoms with Gasteiger partial charge in [0.1, 0.15) is 39.1 Å². The first-order valence-corrected chi connectivity index (χ1v) is 41.3. The van der Waals surface area contributed by atoms with E-state index in [1.807, 2.05) is 0 Å². The van der Waals surface area contributed by atoms with Crippen LogP contribution in [0.1, 0.15) is 255 Å². The summed E-state index contributed by atoms with van der Waals surface area (Å²) in [6.45, 7) is -29.2. The number of sulfonamides is 4. The molecule has 0 aliphatic carbocycles. The van der Waals surface area contributed by atoms with Gasteiger partial charge in [-0.1, -0.05) is 44.8 Å². The number of aryl methyl sites for hydroxylation is 6. The fourth-order valence-corrected chi connectivity index (χ4v) is 18.5. The number of thiophene rings is 4. The Morgan fingerprint density at radius 3 is 0.883 bits per heavy atom. The quantitative estimate of drug-likeness (QED) is 0.0260. The smallest absolute Gasteiger partial charge is 0.267 e. The zero-order chi connectivity index (χ0) is 131. The van der Waals surface area contributed by atoms with Crippen molar-refractivity contribution in [1.29, 1.82) is 0 Å². The largest absolute Gasteiger partial charge is 0.337 e. The van der Waals surface area contributed by atoms with Crippen LogP contribution >= 0.6 is 45.3 Å². The van der Waals surface area contributed by atoms with Gasteiger partial charge in [0.15, 0.2) is 34.4 Å². The van der Waals surface area contributed by atoms with E-state index in [9.17, 15) is 72.0 Å². The highest BCUT2D eigenvalue weighted by Crippen LogP contribution is 2.36. The first kappa shape index (κ1) is 44.9. The zero-order valence-electron chi connectivity index (χ0n) is 112. The van der Waals surface area contributed by atoms with Gasteiger partial charge in [0.2, 0.25) is 23.5 Å². The van der Waals surface area contributed by atoms with Gasteiger partial charge in [-0.15, -0.1) is 45.3 Å². The van der Waals surface area contributed by atoms with Gasteiger partial charge in [-0.25, -0.2) is 52.5 Å². The van der Waals surface area contributed by atoms with Crippen LogP contribution in [-0.2, 0) is 40.1 Å². The second-order valence-corrected chi connectivity index (χ2v) is 33.6. The number of aromatic nitrogens is 4. The Balaban J connectivity index is 0.000000250. The first-order chi connectivity index (χ1) is 76.6. The average molecular weight is 1840 g/mol. The molecule has 0 bridgehead atoms. The molecule has 4 amide bonds. The molecule has 0 saturated carbocycles. The third-order valence-corrected chi connectivity index (χ3v) is 24.5. The Hall–Kier alpha value is -11.9. The van der Waals surface area contributed by atoms with E-state index in [0.29, 0.717) is 57.9 Å². The Morgan fingerprint density at radius 1 is 0.333 bits per heavy atom. The number of anilines is 8. The number of ketones is 4. The van der Waals surface area contributed by atoms with Crippen molar-refractivity contribution in [2.45, 2.75) is 157 Å². The van der Waals surface area contributed by atoms with Gasteiger partial charge in [0, 0.05) is 93.9 Å². The van der Waals surface area contributed by atoms with Crippen LogP contribution in [0.15, 0.2) is 132 Å². The molecule has 8 aromatic heterocycles. The van der Waals surface area contributed by atoms with E-state index >= 15 is 0 Å². The van der Waals surface area contributed by atoms with Crippen LogP contribution in [0.2, 0.25) is 11.3 Å². The SMILES string of the molecule is [2H]c1c(C([2H])([2H])[2H])cc(C(=O)C([2H])([2H])[2H])c(N([2H])C(=O)c2sccc2S(=O)(=O)N([2H])c2onc(C([2H])([2H])[2H])c2C([2H])([2H])[2H])c1C([2H])([2H])[2H].[2H]c1c(C([2H])([2H])[2H])cc(C(=O)C([2H])([2H])[2H])c(N([2H])C(=O)c2sccc2S(=O)(=O)N([2H])c2onc(C([2H])([2H])[2H])c2C)c1C([2H])([2H])[2H].[2H]c1c(C)c([2H])c(C(=O)C([2H])([2H])[2H])c(N([2H])C(=O)c2sccc2S(=O)(=O)N([2H])c2onc(C)c2C([2H])([2H])[2H])c1C.[2H]c1c(C)c([2H])c(C(=O)C([2H])([2H])[2H])c(N([2H])C(=O)c2sccc2S(=O)(=O)N([2H])c2onc(C)c2C)c1C. The Kier molecular flexibility index (Phi) is 13.9. The molecule has 120 heavy (non-hydrogen) atoms. The molecule has 8 heterocycles. The third-order valence-electron chi connectivity index (χ3n) is 15.2. The molecule has 12 rings (SSSR count). The van der Waals surface area contributed by atoms with Crippen LogP contribution in [0.3, 0.4) is 0 Å². The maximum atomic E-state index is 13.7. The highest BCUT2D eigenvalue weighted by Gasteiger charge is 2.33. The topological polar surface area (TPSA) is 473 Å². The number of carbonyl (C=O) groups excluding carboxylic acids is 8. The molecule has 0 spiro atoms. The van der Waals surface area contributed by atoms with Gasteiger partial charge in [-0.2, -0.15) is 0 Å². The molecule has 0 radical (unpaired) electrons. The van der Waals surface area contributed by atoms with E-state index in [0.717, 1.165) is 41.3 Å². The summed E-state index contributed by atoms with van der Waals surface area (Å²) in [5, 5.41) is 17.1. The van der Waals surface area contributed by atoms with Crippen LogP contribution in [0.4, 0.5) is 46.3 Å². The summed E-state index contributed by atoms with van der Waals surface area (Å²) in [7, 11) is -20.3. The molecule has 0 unspecified atom stereocenters. The van der Waals surface area contributed by atoms with Gasteiger partial charge in [0.25, 0.3) is 63.7 Å². The van der Waals surface area contributed by atoms with Gasteiger partial charge >= 0.3 is 0 Å². The Bertz CT molecular complexity index is 8780. The van der Waals surface area contributed by atoms with Crippen LogP contribution < -0.4 is 40.1 Å². The molecule has 8 N–H and O–H groups in total. The predicted molar refractivity (Wildman–Crippen MR) is 460 cm³/mol. The molecule has 32 nitrogen and oxygen atoms in total. The van der Waals surface area contributed by atoms with Crippen LogP contribution in [0.25, 0.3) is 0 Å². The number of carbonyl (C=O) groups is 8. The van der Waals surface area contributed by atoms with Crippen molar-refractivity contribution in [2.75, 3.05) is 40.1 Å². The molecule has 12 aromatic rings. The van der Waals surface area contributed by atoms with Crippen LogP contribution in [-0.4, -0.2) is 101 Å². The Labute approximate surface area is 778 Å². The second-order valence-electron chi connectivity index (χ2n) is 23.6. The maximum absolute atomic E-state index is 13.7. The number of benzene rings is 4. The fourth-order valence-electron chi connectivity index (χ4n) is 9.49. The van der Waals surface area contributed by atoms with Crippen LogP contribution in [0.5, 0.6) is 0 Å². The second kappa shape index (κ2) is 37.2. The van der Waals surface area contributed by atoms with Crippen molar-refractivity contribution in [1.82, 2.24) is 20.6 Å². The number of amides is 4. The summed E-state index contributed by atoms with van der Waals surface area (Å²) in [5.41, 5.74) is -17.1. The molecular formula is C80H84N12O20S8. The van der Waals surface area contributed by atoms with E-state index in [1.165, 1.54) is 46.9 Å². The number of rotatable bonds is 24. The highest BCUT2D eigenvalue weighted by molar-refractivity contribution is 7.94. The molecule has 0 aliphatic rings. The van der Waals surface area contributed by atoms with Crippen molar-refractivity contribution in [3.8, 4) is 0 Å². The number of nitrogens with one attached hydrogen (secondary N) is 8. The molecule has 0 atom stereocenters. The van der Waals surface area contributed by atoms with Crippen molar-refractivity contribution in [2.24, 2.45) is 0 Å². The normalized spacial score (nSPS) is 18.7. The average Bonchev–Trinajstić information content (AvgIpc) is 1.35. The maximum Gasteiger partial charge on any atom is 0.267 e. The molecule has 632 valence electrons. The van der Waals surface area contributed by atoms with Crippen molar-refractivity contribution >= 4 is 178 Å². The van der Waals surface area contributed by atoms with E-state index in [-0.39, 0.29) is 92.6 Å². The molecule has 4 aromatic carbocycles. The summed E-state index contributed by atoms with van der Waals surface area (Å²) in [6, 6.07) is -0.360. The van der Waals surface area contributed by atoms with Crippen molar-refractivity contribution < 1.29 is 159 Å². The summed E-state index contributed by atoms with van der Waals surface area (Å²) in [5.74, 6) is -16.6. The summed E-state index contributed by atoms with van der Waals surface area (Å²) in [4.78, 5) is 98.9. The minimum Gasteiger partial charge on any atom is -0.337 e. The predicted octanol–water partition coefficient (Wildman–Crippen LogP) is 16.9. The number of Topliss-reactive ketones (excluding diaryl/α,β-unsaturated/α-hetero) is 4. The van der Waals surface area contributed by atoms with E-state index in [1.54, 1.807) is 6.92 Å². The standard InChI is InChI=1S/4C20H21N3O5S2/c4*1-10-8-11(2)17(15(9-10)14(5)24)21-19(25)18-16(6-7-29-18)30(26,27)23-20-12(3)13(4)22-28-20/h4*6-9,23H,1-5H3,(H,21,25)/i1D3,2D3,3D3,4D3,5D3,8D;1D3,2D3,4D3,5D3,8D;3D3,5D3,8D,9D;5D3,8D,9D/hD8. The summed E-state index contributed by atoms with van der Waals surface area (Å²) >= 11 is 1.79. The van der Waals surface area contributed by atoms with Crippen molar-refractivity contribution in [3.63, 3.8) is 0 Å². The number of hydrogen-bond donors (Lipinski definition) is 8. The minimum atomic E-state index is -5.44. The fraction of sp³-hybridized carbons (Fsp3) is 0.250. The highest BCUT2D eigenvalue weighted by atomic mass is 32.2. The van der Waals surface area contributed by atoms with E-state index in [4.69, 9.17) is 82.4 Å². The van der Waals surface area contributed by atoms with Crippen molar-refractivity contribution in [3.05, 3.63) is 225 Å². The third kappa shape index (κ3) is 21.0. The molecule has 0 aliphatic heterocycles. The minimum absolute atomic E-state index is 0.0232. The van der Waals surface area contributed by atoms with Gasteiger partial charge < -0.3 is 39.3 Å². The Morgan fingerprint density at radius 2 is 0.600 bits per heavy atom.